The van der Waals surface area contributed by atoms with Crippen LogP contribution < -0.4 is 0 Å². The third-order valence-electron chi connectivity index (χ3n) is 5.21. The van der Waals surface area contributed by atoms with Gasteiger partial charge in [0.25, 0.3) is 11.1 Å². The molecule has 22 heavy (non-hydrogen) atoms. The van der Waals surface area contributed by atoms with Gasteiger partial charge in [-0.1, -0.05) is 30.3 Å². The summed E-state index contributed by atoms with van der Waals surface area (Å²) < 4.78 is 0. The number of hydrogen-bond acceptors (Lipinski definition) is 6. The lowest BCUT2D eigenvalue weighted by Crippen LogP contribution is -2.80. The lowest BCUT2D eigenvalue weighted by molar-refractivity contribution is -0.646. The van der Waals surface area contributed by atoms with Crippen molar-refractivity contribution in [2.24, 2.45) is 0 Å². The van der Waals surface area contributed by atoms with Crippen LogP contribution in [-0.4, -0.2) is 56.9 Å². The van der Waals surface area contributed by atoms with Gasteiger partial charge in [0.2, 0.25) is 0 Å². The van der Waals surface area contributed by atoms with Crippen LogP contribution in [0.15, 0.2) is 30.3 Å². The molecule has 1 aromatic rings. The molecule has 0 atom stereocenters. The average molecular weight is 304 g/mol. The number of benzene rings is 1. The van der Waals surface area contributed by atoms with E-state index in [-0.39, 0.29) is 48.6 Å². The first-order valence-electron chi connectivity index (χ1n) is 7.28. The number of piperidine rings is 2. The molecule has 0 aliphatic carbocycles. The van der Waals surface area contributed by atoms with Gasteiger partial charge in [0.05, 0.1) is 38.8 Å². The highest BCUT2D eigenvalue weighted by molar-refractivity contribution is 5.24. The molecule has 5 rings (SSSR count). The quantitative estimate of drug-likeness (QED) is 0.604. The normalized spacial score (nSPS) is 42.3. The van der Waals surface area contributed by atoms with E-state index in [9.17, 15) is 20.2 Å². The molecule has 0 N–H and O–H groups in total. The van der Waals surface area contributed by atoms with Gasteiger partial charge >= 0.3 is 0 Å². The number of hydrogen-bond donors (Lipinski definition) is 0. The molecule has 0 saturated carbocycles. The van der Waals surface area contributed by atoms with E-state index < -0.39 is 11.1 Å². The van der Waals surface area contributed by atoms with E-state index >= 15 is 0 Å². The predicted molar refractivity (Wildman–Crippen MR) is 76.4 cm³/mol. The van der Waals surface area contributed by atoms with Crippen molar-refractivity contribution in [1.82, 2.24) is 9.80 Å². The number of nitro groups is 2. The van der Waals surface area contributed by atoms with Crippen LogP contribution in [0.1, 0.15) is 18.2 Å². The molecular formula is C14H16N4O4. The molecule has 4 heterocycles. The average Bonchev–Trinajstić information content (AvgIpc) is 2.47. The first-order chi connectivity index (χ1) is 10.5. The second-order valence-electron chi connectivity index (χ2n) is 6.73. The van der Waals surface area contributed by atoms with Gasteiger partial charge in [0.1, 0.15) is 0 Å². The smallest absolute Gasteiger partial charge is 0.254 e. The molecule has 4 bridgehead atoms. The molecule has 0 unspecified atom stereocenters. The predicted octanol–water partition coefficient (Wildman–Crippen LogP) is 0.751. The number of nitrogens with zero attached hydrogens (tertiary/aromatic N) is 4. The van der Waals surface area contributed by atoms with E-state index in [0.29, 0.717) is 0 Å². The maximum Gasteiger partial charge on any atom is 0.254 e. The summed E-state index contributed by atoms with van der Waals surface area (Å²) in [5.74, 6) is 0. The number of rotatable bonds is 3. The largest absolute Gasteiger partial charge is 0.270 e. The maximum absolute atomic E-state index is 11.6. The molecule has 4 aliphatic heterocycles. The van der Waals surface area contributed by atoms with E-state index in [1.165, 1.54) is 0 Å². The van der Waals surface area contributed by atoms with Gasteiger partial charge in [-0.15, -0.1) is 0 Å². The summed E-state index contributed by atoms with van der Waals surface area (Å²) in [4.78, 5) is 26.4. The molecule has 8 nitrogen and oxygen atoms in total. The van der Waals surface area contributed by atoms with Gasteiger partial charge < -0.3 is 0 Å². The fraction of sp³-hybridized carbons (Fsp3) is 0.571. The van der Waals surface area contributed by atoms with Crippen LogP contribution in [-0.2, 0) is 0 Å². The second-order valence-corrected chi connectivity index (χ2v) is 6.73. The van der Waals surface area contributed by atoms with Crippen molar-refractivity contribution >= 4 is 0 Å². The summed E-state index contributed by atoms with van der Waals surface area (Å²) in [5.41, 5.74) is -1.39. The van der Waals surface area contributed by atoms with Gasteiger partial charge in [-0.05, 0) is 5.56 Å². The summed E-state index contributed by atoms with van der Waals surface area (Å²) in [6.45, 7) is 1.13. The standard InChI is InChI=1S/C14H16N4O4/c19-17(20)13-6-14(18(21)22)9-15(7-13)12(16(8-13)10-14)11-4-2-1-3-5-11/h1-5,12H,6-10H2. The Bertz CT molecular complexity index is 602. The summed E-state index contributed by atoms with van der Waals surface area (Å²) in [7, 11) is 0. The van der Waals surface area contributed by atoms with Gasteiger partial charge in [-0.25, -0.2) is 0 Å². The maximum atomic E-state index is 11.6. The van der Waals surface area contributed by atoms with E-state index in [0.717, 1.165) is 5.56 Å². The Balaban J connectivity index is 1.77. The van der Waals surface area contributed by atoms with Crippen molar-refractivity contribution in [1.29, 1.82) is 0 Å². The summed E-state index contributed by atoms with van der Waals surface area (Å²) in [6, 6.07) is 9.72. The SMILES string of the molecule is O=[N+]([O-])C12CN3CC([N+](=O)[O-])(CN(C1)C3c1ccccc1)C2. The molecule has 0 amide bonds. The minimum absolute atomic E-state index is 0.0362. The Hall–Kier alpha value is -2.06. The van der Waals surface area contributed by atoms with E-state index in [1.54, 1.807) is 0 Å². The first-order valence-corrected chi connectivity index (χ1v) is 7.28. The third-order valence-corrected chi connectivity index (χ3v) is 5.21. The Kier molecular flexibility index (Phi) is 2.62. The molecule has 0 radical (unpaired) electrons. The fourth-order valence-electron chi connectivity index (χ4n) is 4.54. The summed E-state index contributed by atoms with van der Waals surface area (Å²) >= 11 is 0. The molecule has 4 fully saturated rings. The van der Waals surface area contributed by atoms with E-state index in [4.69, 9.17) is 0 Å². The summed E-state index contributed by atoms with van der Waals surface area (Å²) in [6.07, 6.45) is -0.0585. The van der Waals surface area contributed by atoms with Crippen LogP contribution in [0.25, 0.3) is 0 Å². The van der Waals surface area contributed by atoms with Crippen LogP contribution >= 0.6 is 0 Å². The van der Waals surface area contributed by atoms with Crippen LogP contribution in [0.4, 0.5) is 0 Å². The van der Waals surface area contributed by atoms with Crippen molar-refractivity contribution in [2.45, 2.75) is 23.7 Å². The topological polar surface area (TPSA) is 92.8 Å². The van der Waals surface area contributed by atoms with Crippen molar-refractivity contribution in [2.75, 3.05) is 26.2 Å². The zero-order chi connectivity index (χ0) is 15.5. The second kappa shape index (κ2) is 4.23. The Labute approximate surface area is 126 Å². The molecule has 4 aliphatic rings. The lowest BCUT2D eigenvalue weighted by atomic mass is 9.70. The Morgan fingerprint density at radius 3 is 1.77 bits per heavy atom. The fourth-order valence-corrected chi connectivity index (χ4v) is 4.54. The summed E-state index contributed by atoms with van der Waals surface area (Å²) in [5, 5.41) is 23.2. The highest BCUT2D eigenvalue weighted by Gasteiger charge is 2.71. The highest BCUT2D eigenvalue weighted by Crippen LogP contribution is 2.49. The minimum Gasteiger partial charge on any atom is -0.270 e. The van der Waals surface area contributed by atoms with Gasteiger partial charge in [-0.3, -0.25) is 30.0 Å². The van der Waals surface area contributed by atoms with Crippen LogP contribution in [0, 0.1) is 20.2 Å². The van der Waals surface area contributed by atoms with Gasteiger partial charge in [0.15, 0.2) is 0 Å². The van der Waals surface area contributed by atoms with Crippen LogP contribution in [0.5, 0.6) is 0 Å². The molecular weight excluding hydrogens is 288 g/mol. The minimum atomic E-state index is -1.21. The van der Waals surface area contributed by atoms with Crippen molar-refractivity contribution in [3.05, 3.63) is 56.1 Å². The van der Waals surface area contributed by atoms with E-state index in [1.807, 2.05) is 40.1 Å². The molecule has 1 aromatic carbocycles. The first kappa shape index (κ1) is 13.6. The van der Waals surface area contributed by atoms with Crippen molar-refractivity contribution in [3.63, 3.8) is 0 Å². The zero-order valence-corrected chi connectivity index (χ0v) is 11.9. The third kappa shape index (κ3) is 1.65. The highest BCUT2D eigenvalue weighted by atomic mass is 16.6. The Morgan fingerprint density at radius 1 is 0.909 bits per heavy atom. The van der Waals surface area contributed by atoms with Crippen LogP contribution in [0.2, 0.25) is 0 Å². The Morgan fingerprint density at radius 2 is 1.36 bits per heavy atom. The monoisotopic (exact) mass is 304 g/mol. The van der Waals surface area contributed by atoms with Crippen molar-refractivity contribution in [3.8, 4) is 0 Å². The molecule has 116 valence electrons. The molecule has 0 aromatic heterocycles. The van der Waals surface area contributed by atoms with Crippen molar-refractivity contribution < 1.29 is 9.85 Å². The van der Waals surface area contributed by atoms with Crippen LogP contribution in [0.3, 0.4) is 0 Å². The van der Waals surface area contributed by atoms with Gasteiger partial charge in [-0.2, -0.15) is 0 Å². The van der Waals surface area contributed by atoms with Gasteiger partial charge in [0, 0.05) is 9.85 Å². The molecule has 4 saturated heterocycles. The molecule has 8 heteroatoms. The zero-order valence-electron chi connectivity index (χ0n) is 11.9. The molecule has 0 spiro atoms. The van der Waals surface area contributed by atoms with E-state index in [2.05, 4.69) is 0 Å². The lowest BCUT2D eigenvalue weighted by Gasteiger charge is -2.59.